The molecule has 0 aliphatic heterocycles. The Labute approximate surface area is 56.3 Å². The Morgan fingerprint density at radius 3 is 1.90 bits per heavy atom. The molecular formula is C5H5O5-. The molecule has 0 aromatic heterocycles. The summed E-state index contributed by atoms with van der Waals surface area (Å²) >= 11 is 0. The first-order chi connectivity index (χ1) is 4.46. The van der Waals surface area contributed by atoms with E-state index in [1.807, 2.05) is 0 Å². The van der Waals surface area contributed by atoms with Crippen molar-refractivity contribution in [1.29, 1.82) is 0 Å². The van der Waals surface area contributed by atoms with E-state index in [9.17, 15) is 19.5 Å². The standard InChI is InChI=1S/C5H6O5/c1-2(4(7)8)3(6)5(9)10/h2H,1H3,(H,7,8)(H,9,10)/p-1. The molecule has 0 saturated heterocycles. The Morgan fingerprint density at radius 2 is 1.80 bits per heavy atom. The number of carbonyl (C=O) groups is 3. The van der Waals surface area contributed by atoms with Gasteiger partial charge in [0.05, 0.1) is 11.9 Å². The van der Waals surface area contributed by atoms with Crippen LogP contribution in [0.5, 0.6) is 0 Å². The molecule has 0 rings (SSSR count). The summed E-state index contributed by atoms with van der Waals surface area (Å²) in [6.45, 7) is 0.964. The van der Waals surface area contributed by atoms with Gasteiger partial charge in [0.2, 0.25) is 5.78 Å². The van der Waals surface area contributed by atoms with Crippen LogP contribution in [0.3, 0.4) is 0 Å². The summed E-state index contributed by atoms with van der Waals surface area (Å²) in [6, 6.07) is 0. The summed E-state index contributed by atoms with van der Waals surface area (Å²) < 4.78 is 0. The number of rotatable bonds is 3. The fourth-order valence-corrected chi connectivity index (χ4v) is 0.292. The van der Waals surface area contributed by atoms with Gasteiger partial charge in [0.15, 0.2) is 0 Å². The third kappa shape index (κ3) is 1.85. The zero-order chi connectivity index (χ0) is 8.31. The first-order valence-corrected chi connectivity index (χ1v) is 2.44. The van der Waals surface area contributed by atoms with Crippen LogP contribution < -0.4 is 5.11 Å². The van der Waals surface area contributed by atoms with Crippen LogP contribution in [-0.4, -0.2) is 22.8 Å². The van der Waals surface area contributed by atoms with Gasteiger partial charge in [0.1, 0.15) is 0 Å². The van der Waals surface area contributed by atoms with Gasteiger partial charge in [-0.2, -0.15) is 0 Å². The molecule has 0 aromatic rings. The van der Waals surface area contributed by atoms with E-state index in [1.165, 1.54) is 0 Å². The zero-order valence-electron chi connectivity index (χ0n) is 5.16. The number of aliphatic carboxylic acids is 2. The number of hydrogen-bond acceptors (Lipinski definition) is 4. The van der Waals surface area contributed by atoms with Crippen LogP contribution in [0.4, 0.5) is 0 Å². The molecule has 0 spiro atoms. The molecule has 0 heterocycles. The first-order valence-electron chi connectivity index (χ1n) is 2.44. The Morgan fingerprint density at radius 1 is 1.40 bits per heavy atom. The van der Waals surface area contributed by atoms with Gasteiger partial charge in [0.25, 0.3) is 0 Å². The SMILES string of the molecule is CC(C(=O)[O-])C(=O)C(=O)O. The van der Waals surface area contributed by atoms with E-state index in [0.717, 1.165) is 6.92 Å². The molecule has 0 aliphatic rings. The summed E-state index contributed by atoms with van der Waals surface area (Å²) in [5.74, 6) is -6.36. The quantitative estimate of drug-likeness (QED) is 0.367. The van der Waals surface area contributed by atoms with Gasteiger partial charge < -0.3 is 15.0 Å². The molecule has 1 unspecified atom stereocenters. The Kier molecular flexibility index (Phi) is 2.54. The van der Waals surface area contributed by atoms with E-state index in [0.29, 0.717) is 0 Å². The molecule has 5 nitrogen and oxygen atoms in total. The molecule has 1 N–H and O–H groups in total. The van der Waals surface area contributed by atoms with Crippen LogP contribution in [-0.2, 0) is 14.4 Å². The summed E-state index contributed by atoms with van der Waals surface area (Å²) in [5.41, 5.74) is 0. The maximum Gasteiger partial charge on any atom is 0.372 e. The number of Topliss-reactive ketones (excluding diaryl/α,β-unsaturated/α-hetero) is 1. The van der Waals surface area contributed by atoms with Crippen molar-refractivity contribution in [2.75, 3.05) is 0 Å². The highest BCUT2D eigenvalue weighted by Crippen LogP contribution is 1.93. The first kappa shape index (κ1) is 8.61. The second-order valence-electron chi connectivity index (χ2n) is 1.71. The van der Waals surface area contributed by atoms with Crippen molar-refractivity contribution in [2.24, 2.45) is 5.92 Å². The monoisotopic (exact) mass is 145 g/mol. The van der Waals surface area contributed by atoms with Crippen molar-refractivity contribution in [3.05, 3.63) is 0 Å². The van der Waals surface area contributed by atoms with E-state index in [-0.39, 0.29) is 0 Å². The second kappa shape index (κ2) is 2.95. The molecule has 0 saturated carbocycles. The van der Waals surface area contributed by atoms with Crippen LogP contribution >= 0.6 is 0 Å². The Hall–Kier alpha value is -1.39. The highest BCUT2D eigenvalue weighted by molar-refractivity contribution is 6.36. The maximum atomic E-state index is 10.3. The maximum absolute atomic E-state index is 10.3. The average Bonchev–Trinajstić information content (AvgIpc) is 1.84. The smallest absolute Gasteiger partial charge is 0.372 e. The molecule has 0 amide bonds. The van der Waals surface area contributed by atoms with Gasteiger partial charge >= 0.3 is 5.97 Å². The van der Waals surface area contributed by atoms with Crippen molar-refractivity contribution < 1.29 is 24.6 Å². The largest absolute Gasteiger partial charge is 0.549 e. The summed E-state index contributed by atoms with van der Waals surface area (Å²) in [7, 11) is 0. The molecule has 0 aliphatic carbocycles. The predicted octanol–water partition coefficient (Wildman–Crippen LogP) is -1.97. The molecule has 10 heavy (non-hydrogen) atoms. The van der Waals surface area contributed by atoms with Crippen molar-refractivity contribution in [3.63, 3.8) is 0 Å². The van der Waals surface area contributed by atoms with E-state index in [4.69, 9.17) is 5.11 Å². The van der Waals surface area contributed by atoms with Gasteiger partial charge in [-0.25, -0.2) is 4.79 Å². The lowest BCUT2D eigenvalue weighted by Gasteiger charge is -2.06. The van der Waals surface area contributed by atoms with Gasteiger partial charge in [-0.3, -0.25) is 4.79 Å². The van der Waals surface area contributed by atoms with Crippen LogP contribution in [0.15, 0.2) is 0 Å². The molecule has 5 heteroatoms. The highest BCUT2D eigenvalue weighted by Gasteiger charge is 2.20. The Balaban J connectivity index is 4.22. The minimum atomic E-state index is -1.75. The average molecular weight is 145 g/mol. The molecule has 56 valence electrons. The fraction of sp³-hybridized carbons (Fsp3) is 0.400. The van der Waals surface area contributed by atoms with Crippen LogP contribution in [0.2, 0.25) is 0 Å². The van der Waals surface area contributed by atoms with Crippen molar-refractivity contribution in [1.82, 2.24) is 0 Å². The number of carbonyl (C=O) groups excluding carboxylic acids is 2. The second-order valence-corrected chi connectivity index (χ2v) is 1.71. The normalized spacial score (nSPS) is 12.1. The van der Waals surface area contributed by atoms with Crippen LogP contribution in [0.1, 0.15) is 6.92 Å². The molecule has 0 radical (unpaired) electrons. The predicted molar refractivity (Wildman–Crippen MR) is 26.8 cm³/mol. The molecule has 0 fully saturated rings. The third-order valence-corrected chi connectivity index (χ3v) is 0.958. The van der Waals surface area contributed by atoms with E-state index >= 15 is 0 Å². The van der Waals surface area contributed by atoms with E-state index in [1.54, 1.807) is 0 Å². The Bertz CT molecular complexity index is 182. The van der Waals surface area contributed by atoms with Crippen molar-refractivity contribution in [2.45, 2.75) is 6.92 Å². The summed E-state index contributed by atoms with van der Waals surface area (Å²) in [5, 5.41) is 17.8. The van der Waals surface area contributed by atoms with E-state index < -0.39 is 23.6 Å². The minimum absolute atomic E-state index is 0.964. The summed E-state index contributed by atoms with van der Waals surface area (Å²) in [6.07, 6.45) is 0. The highest BCUT2D eigenvalue weighted by atomic mass is 16.4. The lowest BCUT2D eigenvalue weighted by Crippen LogP contribution is -2.37. The van der Waals surface area contributed by atoms with Gasteiger partial charge in [-0.05, 0) is 6.92 Å². The van der Waals surface area contributed by atoms with E-state index in [2.05, 4.69) is 0 Å². The number of carboxylic acids is 2. The zero-order valence-corrected chi connectivity index (χ0v) is 5.16. The lowest BCUT2D eigenvalue weighted by atomic mass is 10.1. The minimum Gasteiger partial charge on any atom is -0.549 e. The van der Waals surface area contributed by atoms with Crippen molar-refractivity contribution >= 4 is 17.7 Å². The summed E-state index contributed by atoms with van der Waals surface area (Å²) in [4.78, 5) is 29.9. The van der Waals surface area contributed by atoms with Crippen LogP contribution in [0.25, 0.3) is 0 Å². The number of carboxylic acid groups (broad SMARTS) is 2. The number of hydrogen-bond donors (Lipinski definition) is 1. The van der Waals surface area contributed by atoms with Gasteiger partial charge in [0, 0.05) is 0 Å². The molecule has 0 aromatic carbocycles. The third-order valence-electron chi connectivity index (χ3n) is 0.958. The topological polar surface area (TPSA) is 94.5 Å². The van der Waals surface area contributed by atoms with Crippen molar-refractivity contribution in [3.8, 4) is 0 Å². The lowest BCUT2D eigenvalue weighted by molar-refractivity contribution is -0.309. The molecule has 0 bridgehead atoms. The molecule has 1 atom stereocenters. The van der Waals surface area contributed by atoms with Gasteiger partial charge in [-0.1, -0.05) is 0 Å². The van der Waals surface area contributed by atoms with Gasteiger partial charge in [-0.15, -0.1) is 0 Å². The fourth-order valence-electron chi connectivity index (χ4n) is 0.292. The molecular weight excluding hydrogens is 140 g/mol. The van der Waals surface area contributed by atoms with Crippen LogP contribution in [0, 0.1) is 5.92 Å². The number of ketones is 1.